The van der Waals surface area contributed by atoms with Gasteiger partial charge in [-0.3, -0.25) is 0 Å². The molecule has 96 valence electrons. The second-order valence-corrected chi connectivity index (χ2v) is 5.10. The fourth-order valence-corrected chi connectivity index (χ4v) is 1.50. The maximum Gasteiger partial charge on any atom is 0.119 e. The number of benzene rings is 1. The van der Waals surface area contributed by atoms with Gasteiger partial charge in [0.1, 0.15) is 12.4 Å². The first-order valence-corrected chi connectivity index (χ1v) is 6.09. The summed E-state index contributed by atoms with van der Waals surface area (Å²) in [4.78, 5) is 0. The maximum atomic E-state index is 8.59. The molecule has 0 heterocycles. The minimum Gasteiger partial charge on any atom is -0.492 e. The number of aliphatic hydroxyl groups excluding tert-OH is 1. The van der Waals surface area contributed by atoms with Crippen LogP contribution in [0.1, 0.15) is 26.3 Å². The normalized spacial score (nSPS) is 11.5. The van der Waals surface area contributed by atoms with E-state index in [1.54, 1.807) is 0 Å². The zero-order valence-electron chi connectivity index (χ0n) is 11.0. The molecule has 17 heavy (non-hydrogen) atoms. The summed E-state index contributed by atoms with van der Waals surface area (Å²) in [5, 5.41) is 11.7. The maximum absolute atomic E-state index is 8.59. The van der Waals surface area contributed by atoms with Crippen LogP contribution in [0.5, 0.6) is 5.75 Å². The van der Waals surface area contributed by atoms with Crippen molar-refractivity contribution in [1.82, 2.24) is 5.32 Å². The summed E-state index contributed by atoms with van der Waals surface area (Å²) in [6, 6.07) is 8.23. The standard InChI is InChI=1S/C14H23NO2/c1-14(2,3)12-4-6-13(7-5-12)17-11-9-15-8-10-16/h4-7,15-16H,8-11H2,1-3H3. The van der Waals surface area contributed by atoms with Crippen molar-refractivity contribution < 1.29 is 9.84 Å². The highest BCUT2D eigenvalue weighted by molar-refractivity contribution is 5.31. The SMILES string of the molecule is CC(C)(C)c1ccc(OCCNCCO)cc1. The Hall–Kier alpha value is -1.06. The van der Waals surface area contributed by atoms with Crippen LogP contribution in [0.25, 0.3) is 0 Å². The van der Waals surface area contributed by atoms with E-state index >= 15 is 0 Å². The third-order valence-electron chi connectivity index (χ3n) is 2.56. The van der Waals surface area contributed by atoms with Crippen LogP contribution in [0.2, 0.25) is 0 Å². The Balaban J connectivity index is 2.36. The number of aliphatic hydroxyl groups is 1. The van der Waals surface area contributed by atoms with E-state index in [1.165, 1.54) is 5.56 Å². The van der Waals surface area contributed by atoms with Crippen LogP contribution < -0.4 is 10.1 Å². The van der Waals surface area contributed by atoms with Crippen molar-refractivity contribution in [3.05, 3.63) is 29.8 Å². The van der Waals surface area contributed by atoms with Gasteiger partial charge in [-0.05, 0) is 23.1 Å². The second kappa shape index (κ2) is 6.62. The van der Waals surface area contributed by atoms with E-state index in [-0.39, 0.29) is 12.0 Å². The summed E-state index contributed by atoms with van der Waals surface area (Å²) >= 11 is 0. The molecule has 0 radical (unpaired) electrons. The number of ether oxygens (including phenoxy) is 1. The molecule has 0 bridgehead atoms. The minimum atomic E-state index is 0.167. The largest absolute Gasteiger partial charge is 0.492 e. The van der Waals surface area contributed by atoms with Gasteiger partial charge in [0.25, 0.3) is 0 Å². The quantitative estimate of drug-likeness (QED) is 0.743. The predicted octanol–water partition coefficient (Wildman–Crippen LogP) is 1.94. The molecule has 0 saturated carbocycles. The monoisotopic (exact) mass is 237 g/mol. The number of rotatable bonds is 6. The van der Waals surface area contributed by atoms with E-state index < -0.39 is 0 Å². The molecule has 0 atom stereocenters. The molecule has 0 saturated heterocycles. The Kier molecular flexibility index (Phi) is 5.45. The molecule has 1 aromatic rings. The topological polar surface area (TPSA) is 41.5 Å². The van der Waals surface area contributed by atoms with Crippen LogP contribution in [-0.4, -0.2) is 31.4 Å². The molecule has 0 fully saturated rings. The molecule has 0 spiro atoms. The first-order valence-electron chi connectivity index (χ1n) is 6.09. The summed E-state index contributed by atoms with van der Waals surface area (Å²) in [5.74, 6) is 0.892. The van der Waals surface area contributed by atoms with Crippen LogP contribution in [0.15, 0.2) is 24.3 Å². The van der Waals surface area contributed by atoms with Gasteiger partial charge in [0.15, 0.2) is 0 Å². The van der Waals surface area contributed by atoms with Crippen molar-refractivity contribution in [2.45, 2.75) is 26.2 Å². The molecule has 1 aromatic carbocycles. The molecule has 0 aliphatic carbocycles. The van der Waals surface area contributed by atoms with E-state index in [1.807, 2.05) is 12.1 Å². The van der Waals surface area contributed by atoms with Crippen molar-refractivity contribution in [3.8, 4) is 5.75 Å². The Morgan fingerprint density at radius 3 is 2.29 bits per heavy atom. The zero-order chi connectivity index (χ0) is 12.7. The Bertz CT molecular complexity index is 314. The summed E-state index contributed by atoms with van der Waals surface area (Å²) < 4.78 is 5.58. The van der Waals surface area contributed by atoms with Crippen LogP contribution in [0.3, 0.4) is 0 Å². The van der Waals surface area contributed by atoms with Gasteiger partial charge in [-0.15, -0.1) is 0 Å². The van der Waals surface area contributed by atoms with Crippen LogP contribution >= 0.6 is 0 Å². The summed E-state index contributed by atoms with van der Waals surface area (Å²) in [6.07, 6.45) is 0. The molecule has 2 N–H and O–H groups in total. The molecular formula is C14H23NO2. The fraction of sp³-hybridized carbons (Fsp3) is 0.571. The molecule has 0 unspecified atom stereocenters. The summed E-state index contributed by atoms with van der Waals surface area (Å²) in [7, 11) is 0. The Labute approximate surface area is 104 Å². The lowest BCUT2D eigenvalue weighted by molar-refractivity contribution is 0.276. The molecular weight excluding hydrogens is 214 g/mol. The summed E-state index contributed by atoms with van der Waals surface area (Å²) in [5.41, 5.74) is 1.49. The predicted molar refractivity (Wildman–Crippen MR) is 70.6 cm³/mol. The van der Waals surface area contributed by atoms with E-state index in [2.05, 4.69) is 38.2 Å². The van der Waals surface area contributed by atoms with Gasteiger partial charge in [0.2, 0.25) is 0 Å². The highest BCUT2D eigenvalue weighted by atomic mass is 16.5. The number of hydrogen-bond donors (Lipinski definition) is 2. The van der Waals surface area contributed by atoms with Gasteiger partial charge in [0, 0.05) is 13.1 Å². The van der Waals surface area contributed by atoms with Gasteiger partial charge in [-0.1, -0.05) is 32.9 Å². The molecule has 0 aliphatic heterocycles. The van der Waals surface area contributed by atoms with Crippen molar-refractivity contribution >= 4 is 0 Å². The lowest BCUT2D eigenvalue weighted by atomic mass is 9.87. The van der Waals surface area contributed by atoms with Crippen molar-refractivity contribution in [2.24, 2.45) is 0 Å². The van der Waals surface area contributed by atoms with Gasteiger partial charge >= 0.3 is 0 Å². The van der Waals surface area contributed by atoms with Crippen LogP contribution in [-0.2, 0) is 5.41 Å². The summed E-state index contributed by atoms with van der Waals surface area (Å²) in [6.45, 7) is 8.74. The van der Waals surface area contributed by atoms with E-state index in [9.17, 15) is 0 Å². The molecule has 0 aliphatic rings. The number of nitrogens with one attached hydrogen (secondary N) is 1. The first kappa shape index (κ1) is 14.0. The first-order chi connectivity index (χ1) is 8.04. The molecule has 3 heteroatoms. The lowest BCUT2D eigenvalue weighted by Crippen LogP contribution is -2.23. The third kappa shape index (κ3) is 5.20. The average molecular weight is 237 g/mol. The van der Waals surface area contributed by atoms with Gasteiger partial charge in [-0.2, -0.15) is 0 Å². The fourth-order valence-electron chi connectivity index (χ4n) is 1.50. The van der Waals surface area contributed by atoms with E-state index in [0.29, 0.717) is 13.2 Å². The van der Waals surface area contributed by atoms with E-state index in [4.69, 9.17) is 9.84 Å². The number of hydrogen-bond acceptors (Lipinski definition) is 3. The highest BCUT2D eigenvalue weighted by Gasteiger charge is 2.12. The minimum absolute atomic E-state index is 0.167. The third-order valence-corrected chi connectivity index (χ3v) is 2.56. The Morgan fingerprint density at radius 2 is 1.76 bits per heavy atom. The van der Waals surface area contributed by atoms with Crippen molar-refractivity contribution in [1.29, 1.82) is 0 Å². The molecule has 0 amide bonds. The highest BCUT2D eigenvalue weighted by Crippen LogP contribution is 2.24. The van der Waals surface area contributed by atoms with Crippen molar-refractivity contribution in [2.75, 3.05) is 26.3 Å². The lowest BCUT2D eigenvalue weighted by Gasteiger charge is -2.19. The average Bonchev–Trinajstić information content (AvgIpc) is 2.28. The molecule has 0 aromatic heterocycles. The van der Waals surface area contributed by atoms with Crippen molar-refractivity contribution in [3.63, 3.8) is 0 Å². The second-order valence-electron chi connectivity index (χ2n) is 5.10. The zero-order valence-corrected chi connectivity index (χ0v) is 11.0. The van der Waals surface area contributed by atoms with Crippen LogP contribution in [0.4, 0.5) is 0 Å². The van der Waals surface area contributed by atoms with Gasteiger partial charge in [0.05, 0.1) is 6.61 Å². The van der Waals surface area contributed by atoms with Gasteiger partial charge < -0.3 is 15.2 Å². The van der Waals surface area contributed by atoms with E-state index in [0.717, 1.165) is 12.3 Å². The molecule has 3 nitrogen and oxygen atoms in total. The van der Waals surface area contributed by atoms with Crippen LogP contribution in [0, 0.1) is 0 Å². The Morgan fingerprint density at radius 1 is 1.12 bits per heavy atom. The smallest absolute Gasteiger partial charge is 0.119 e. The molecule has 1 rings (SSSR count). The van der Waals surface area contributed by atoms with Gasteiger partial charge in [-0.25, -0.2) is 0 Å².